The molecule has 0 unspecified atom stereocenters. The Bertz CT molecular complexity index is 345. The molecule has 0 amide bonds. The summed E-state index contributed by atoms with van der Waals surface area (Å²) < 4.78 is 18.2. The van der Waals surface area contributed by atoms with Gasteiger partial charge in [0.05, 0.1) is 0 Å². The molecule has 0 radical (unpaired) electrons. The summed E-state index contributed by atoms with van der Waals surface area (Å²) in [5.41, 5.74) is 0.994. The zero-order valence-corrected chi connectivity index (χ0v) is 11.1. The summed E-state index contributed by atoms with van der Waals surface area (Å²) in [6.45, 7) is 2.21. The molecule has 100 valence electrons. The predicted octanol–water partition coefficient (Wildman–Crippen LogP) is 3.37. The molecule has 0 saturated carbocycles. The van der Waals surface area contributed by atoms with Gasteiger partial charge in [0.1, 0.15) is 5.75 Å². The minimum Gasteiger partial charge on any atom is -0.537 e. The first-order chi connectivity index (χ1) is 8.77. The average Bonchev–Trinajstić information content (AvgIpc) is 2.37. The van der Waals surface area contributed by atoms with Gasteiger partial charge < -0.3 is 9.68 Å². The lowest BCUT2D eigenvalue weighted by molar-refractivity contribution is 0.431. The van der Waals surface area contributed by atoms with Crippen LogP contribution in [0.1, 0.15) is 51.0 Å². The van der Waals surface area contributed by atoms with E-state index in [1.54, 1.807) is 6.07 Å². The van der Waals surface area contributed by atoms with E-state index in [2.05, 4.69) is 6.92 Å². The van der Waals surface area contributed by atoms with Gasteiger partial charge in [0.2, 0.25) is 0 Å². The van der Waals surface area contributed by atoms with E-state index in [1.807, 2.05) is 6.07 Å². The first-order valence-electron chi connectivity index (χ1n) is 6.80. The van der Waals surface area contributed by atoms with E-state index in [4.69, 9.17) is 9.68 Å². The van der Waals surface area contributed by atoms with E-state index in [1.165, 1.54) is 38.2 Å². The van der Waals surface area contributed by atoms with Gasteiger partial charge >= 0.3 is 7.69 Å². The Balaban J connectivity index is 2.28. The number of halogens is 1. The van der Waals surface area contributed by atoms with Crippen LogP contribution < -0.4 is 4.65 Å². The first-order valence-corrected chi connectivity index (χ1v) is 6.80. The predicted molar refractivity (Wildman–Crippen MR) is 73.5 cm³/mol. The fraction of sp³-hybridized carbons (Fsp3) is 0.571. The van der Waals surface area contributed by atoms with E-state index in [-0.39, 0.29) is 5.75 Å². The van der Waals surface area contributed by atoms with Crippen LogP contribution in [0.4, 0.5) is 4.39 Å². The second-order valence-corrected chi connectivity index (χ2v) is 4.56. The van der Waals surface area contributed by atoms with E-state index >= 15 is 0 Å². The fourth-order valence-corrected chi connectivity index (χ4v) is 2.00. The molecule has 0 aromatic heterocycles. The fourth-order valence-electron chi connectivity index (χ4n) is 2.00. The number of hydrogen-bond donors (Lipinski definition) is 1. The van der Waals surface area contributed by atoms with Gasteiger partial charge in [-0.1, -0.05) is 45.1 Å². The normalized spacial score (nSPS) is 10.4. The smallest absolute Gasteiger partial charge is 0.504 e. The van der Waals surface area contributed by atoms with E-state index < -0.39 is 13.5 Å². The van der Waals surface area contributed by atoms with Crippen LogP contribution in [0.15, 0.2) is 18.2 Å². The second-order valence-electron chi connectivity index (χ2n) is 4.56. The molecule has 1 aromatic carbocycles. The first kappa shape index (κ1) is 15.0. The van der Waals surface area contributed by atoms with Gasteiger partial charge in [0, 0.05) is 0 Å². The molecule has 0 heterocycles. The third-order valence-corrected chi connectivity index (χ3v) is 3.04. The van der Waals surface area contributed by atoms with Crippen LogP contribution in [-0.4, -0.2) is 12.7 Å². The highest BCUT2D eigenvalue weighted by atomic mass is 19.1. The molecule has 0 bridgehead atoms. The van der Waals surface area contributed by atoms with Crippen molar-refractivity contribution in [2.24, 2.45) is 0 Å². The van der Waals surface area contributed by atoms with Gasteiger partial charge in [-0.05, 0) is 30.5 Å². The van der Waals surface area contributed by atoms with Crippen LogP contribution in [0.25, 0.3) is 0 Å². The minimum absolute atomic E-state index is 0.115. The summed E-state index contributed by atoms with van der Waals surface area (Å²) in [5.74, 6) is -0.281. The van der Waals surface area contributed by atoms with Gasteiger partial charge in [-0.15, -0.1) is 0 Å². The standard InChI is InChI=1S/C14H22BFO2/c1-2-3-4-5-6-7-8-12-9-10-14(18-15-17)13(16)11-12/h9-11,15,17H,2-8H2,1H3. The highest BCUT2D eigenvalue weighted by Gasteiger charge is 2.04. The maximum absolute atomic E-state index is 13.5. The van der Waals surface area contributed by atoms with E-state index in [0.29, 0.717) is 0 Å². The van der Waals surface area contributed by atoms with Crippen molar-refractivity contribution in [2.75, 3.05) is 0 Å². The third-order valence-electron chi connectivity index (χ3n) is 3.04. The summed E-state index contributed by atoms with van der Waals surface area (Å²) in [7, 11) is -0.492. The van der Waals surface area contributed by atoms with Crippen LogP contribution in [-0.2, 0) is 6.42 Å². The quantitative estimate of drug-likeness (QED) is 0.539. The summed E-state index contributed by atoms with van der Waals surface area (Å²) in [6.07, 6.45) is 8.35. The molecule has 0 atom stereocenters. The highest BCUT2D eigenvalue weighted by molar-refractivity contribution is 6.17. The Morgan fingerprint density at radius 1 is 1.17 bits per heavy atom. The number of unbranched alkanes of at least 4 members (excludes halogenated alkanes) is 5. The van der Waals surface area contributed by atoms with Gasteiger partial charge in [0.15, 0.2) is 5.82 Å². The lowest BCUT2D eigenvalue weighted by Crippen LogP contribution is -2.02. The van der Waals surface area contributed by atoms with E-state index in [0.717, 1.165) is 18.4 Å². The Hall–Kier alpha value is -1.03. The maximum Gasteiger partial charge on any atom is 0.504 e. The van der Waals surface area contributed by atoms with Crippen molar-refractivity contribution in [3.05, 3.63) is 29.6 Å². The Morgan fingerprint density at radius 2 is 1.89 bits per heavy atom. The van der Waals surface area contributed by atoms with Crippen molar-refractivity contribution >= 4 is 7.69 Å². The number of benzene rings is 1. The van der Waals surface area contributed by atoms with Crippen LogP contribution in [0.5, 0.6) is 5.75 Å². The van der Waals surface area contributed by atoms with Crippen molar-refractivity contribution in [2.45, 2.75) is 51.9 Å². The molecule has 0 aliphatic rings. The Morgan fingerprint density at radius 3 is 2.56 bits per heavy atom. The third kappa shape index (κ3) is 5.54. The molecule has 0 saturated heterocycles. The van der Waals surface area contributed by atoms with Crippen molar-refractivity contribution in [1.29, 1.82) is 0 Å². The van der Waals surface area contributed by atoms with Crippen LogP contribution in [0.3, 0.4) is 0 Å². The lowest BCUT2D eigenvalue weighted by atomic mass is 10.0. The zero-order valence-electron chi connectivity index (χ0n) is 11.1. The maximum atomic E-state index is 13.5. The van der Waals surface area contributed by atoms with Crippen molar-refractivity contribution < 1.29 is 14.1 Å². The molecular weight excluding hydrogens is 230 g/mol. The topological polar surface area (TPSA) is 29.5 Å². The molecule has 18 heavy (non-hydrogen) atoms. The molecular formula is C14H22BFO2. The summed E-state index contributed by atoms with van der Waals surface area (Å²) in [4.78, 5) is 0. The van der Waals surface area contributed by atoms with Crippen molar-refractivity contribution in [1.82, 2.24) is 0 Å². The minimum atomic E-state index is -0.492. The summed E-state index contributed by atoms with van der Waals surface area (Å²) in [5, 5.41) is 8.57. The van der Waals surface area contributed by atoms with Crippen LogP contribution >= 0.6 is 0 Å². The van der Waals surface area contributed by atoms with Crippen molar-refractivity contribution in [3.63, 3.8) is 0 Å². The van der Waals surface area contributed by atoms with Crippen molar-refractivity contribution in [3.8, 4) is 5.75 Å². The lowest BCUT2D eigenvalue weighted by Gasteiger charge is -2.06. The van der Waals surface area contributed by atoms with Gasteiger partial charge in [-0.3, -0.25) is 0 Å². The number of hydrogen-bond acceptors (Lipinski definition) is 2. The van der Waals surface area contributed by atoms with Gasteiger partial charge in [-0.2, -0.15) is 0 Å². The SMILES string of the molecule is CCCCCCCCc1ccc(OBO)c(F)c1. The molecule has 1 N–H and O–H groups in total. The molecule has 0 aliphatic heterocycles. The molecule has 1 aromatic rings. The number of aryl methyl sites for hydroxylation is 1. The molecule has 0 aliphatic carbocycles. The van der Waals surface area contributed by atoms with Crippen LogP contribution in [0, 0.1) is 5.82 Å². The molecule has 4 heteroatoms. The largest absolute Gasteiger partial charge is 0.537 e. The average molecular weight is 252 g/mol. The molecule has 0 fully saturated rings. The second kappa shape index (κ2) is 8.98. The van der Waals surface area contributed by atoms with Gasteiger partial charge in [0.25, 0.3) is 0 Å². The Kier molecular flexibility index (Phi) is 7.50. The molecule has 2 nitrogen and oxygen atoms in total. The summed E-state index contributed by atoms with van der Waals surface area (Å²) >= 11 is 0. The van der Waals surface area contributed by atoms with E-state index in [9.17, 15) is 4.39 Å². The summed E-state index contributed by atoms with van der Waals surface area (Å²) in [6, 6.07) is 4.94. The Labute approximate surface area is 109 Å². The number of rotatable bonds is 9. The molecule has 0 spiro atoms. The zero-order chi connectivity index (χ0) is 13.2. The monoisotopic (exact) mass is 252 g/mol. The van der Waals surface area contributed by atoms with Crippen LogP contribution in [0.2, 0.25) is 0 Å². The highest BCUT2D eigenvalue weighted by Crippen LogP contribution is 2.19. The molecule has 1 rings (SSSR count). The van der Waals surface area contributed by atoms with Gasteiger partial charge in [-0.25, -0.2) is 4.39 Å².